The van der Waals surface area contributed by atoms with Crippen molar-refractivity contribution in [2.24, 2.45) is 0 Å². The average molecular weight is 259 g/mol. The Bertz CT molecular complexity index is 429. The Morgan fingerprint density at radius 2 is 1.74 bits per heavy atom. The number of hydrogen-bond donors (Lipinski definition) is 0. The predicted octanol–water partition coefficient (Wildman–Crippen LogP) is 3.11. The molecule has 0 atom stereocenters. The van der Waals surface area contributed by atoms with E-state index in [4.69, 9.17) is 4.74 Å². The molecule has 0 radical (unpaired) electrons. The molecule has 3 nitrogen and oxygen atoms in total. The summed E-state index contributed by atoms with van der Waals surface area (Å²) in [6.45, 7) is 1.79. The number of benzene rings is 1. The van der Waals surface area contributed by atoms with Gasteiger partial charge < -0.3 is 9.64 Å². The number of hydrogen-bond acceptors (Lipinski definition) is 2. The van der Waals surface area contributed by atoms with Gasteiger partial charge in [-0.1, -0.05) is 25.0 Å². The van der Waals surface area contributed by atoms with Crippen molar-refractivity contribution in [1.29, 1.82) is 0 Å². The highest BCUT2D eigenvalue weighted by Crippen LogP contribution is 2.13. The lowest BCUT2D eigenvalue weighted by atomic mass is 10.2. The van der Waals surface area contributed by atoms with Crippen LogP contribution in [0.25, 0.3) is 6.08 Å². The van der Waals surface area contributed by atoms with Gasteiger partial charge in [-0.2, -0.15) is 0 Å². The Labute approximate surface area is 114 Å². The molecule has 0 saturated carbocycles. The summed E-state index contributed by atoms with van der Waals surface area (Å²) in [6.07, 6.45) is 8.28. The summed E-state index contributed by atoms with van der Waals surface area (Å²) in [7, 11) is 1.65. The van der Waals surface area contributed by atoms with E-state index in [-0.39, 0.29) is 5.91 Å². The maximum atomic E-state index is 12.1. The Kier molecular flexibility index (Phi) is 5.01. The molecule has 0 unspecified atom stereocenters. The average Bonchev–Trinajstić information content (AvgIpc) is 2.74. The lowest BCUT2D eigenvalue weighted by Crippen LogP contribution is -2.30. The number of likely N-dealkylation sites (tertiary alicyclic amines) is 1. The van der Waals surface area contributed by atoms with Gasteiger partial charge in [0.2, 0.25) is 5.91 Å². The van der Waals surface area contributed by atoms with Crippen LogP contribution in [0.15, 0.2) is 30.3 Å². The normalized spacial score (nSPS) is 16.4. The first-order valence-corrected chi connectivity index (χ1v) is 6.90. The summed E-state index contributed by atoms with van der Waals surface area (Å²) in [5.74, 6) is 0.953. The molecule has 0 bridgehead atoms. The molecular weight excluding hydrogens is 238 g/mol. The first-order valence-electron chi connectivity index (χ1n) is 6.90. The number of nitrogens with zero attached hydrogens (tertiary/aromatic N) is 1. The summed E-state index contributed by atoms with van der Waals surface area (Å²) in [5, 5.41) is 0. The fourth-order valence-corrected chi connectivity index (χ4v) is 2.28. The Balaban J connectivity index is 1.94. The van der Waals surface area contributed by atoms with Crippen LogP contribution in [-0.4, -0.2) is 31.0 Å². The quantitative estimate of drug-likeness (QED) is 0.781. The Morgan fingerprint density at radius 1 is 1.11 bits per heavy atom. The van der Waals surface area contributed by atoms with Crippen molar-refractivity contribution in [1.82, 2.24) is 4.90 Å². The number of rotatable bonds is 3. The minimum atomic E-state index is 0.123. The van der Waals surface area contributed by atoms with Gasteiger partial charge in [0, 0.05) is 19.2 Å². The number of amides is 1. The van der Waals surface area contributed by atoms with Gasteiger partial charge in [-0.05, 0) is 36.6 Å². The lowest BCUT2D eigenvalue weighted by Gasteiger charge is -2.17. The third-order valence-corrected chi connectivity index (χ3v) is 3.45. The van der Waals surface area contributed by atoms with Crippen molar-refractivity contribution >= 4 is 12.0 Å². The molecule has 0 aliphatic carbocycles. The maximum Gasteiger partial charge on any atom is 0.246 e. The van der Waals surface area contributed by atoms with Crippen LogP contribution in [0.1, 0.15) is 31.2 Å². The van der Waals surface area contributed by atoms with Crippen LogP contribution in [-0.2, 0) is 4.79 Å². The smallest absolute Gasteiger partial charge is 0.246 e. The van der Waals surface area contributed by atoms with E-state index in [1.165, 1.54) is 12.8 Å². The van der Waals surface area contributed by atoms with Crippen LogP contribution >= 0.6 is 0 Å². The molecule has 1 aromatic carbocycles. The zero-order valence-electron chi connectivity index (χ0n) is 11.5. The largest absolute Gasteiger partial charge is 0.497 e. The van der Waals surface area contributed by atoms with Crippen LogP contribution in [0.2, 0.25) is 0 Å². The molecule has 19 heavy (non-hydrogen) atoms. The van der Waals surface area contributed by atoms with E-state index >= 15 is 0 Å². The minimum Gasteiger partial charge on any atom is -0.497 e. The van der Waals surface area contributed by atoms with E-state index in [0.717, 1.165) is 37.2 Å². The van der Waals surface area contributed by atoms with E-state index in [0.29, 0.717) is 0 Å². The number of carbonyl (C=O) groups is 1. The van der Waals surface area contributed by atoms with Crippen molar-refractivity contribution in [2.75, 3.05) is 20.2 Å². The van der Waals surface area contributed by atoms with E-state index in [2.05, 4.69) is 0 Å². The summed E-state index contributed by atoms with van der Waals surface area (Å²) in [5.41, 5.74) is 1.02. The van der Waals surface area contributed by atoms with E-state index in [1.54, 1.807) is 13.2 Å². The fraction of sp³-hybridized carbons (Fsp3) is 0.438. The molecule has 1 heterocycles. The molecule has 102 valence electrons. The highest BCUT2D eigenvalue weighted by molar-refractivity contribution is 5.91. The van der Waals surface area contributed by atoms with Gasteiger partial charge >= 0.3 is 0 Å². The lowest BCUT2D eigenvalue weighted by molar-refractivity contribution is -0.125. The van der Waals surface area contributed by atoms with Crippen molar-refractivity contribution in [2.45, 2.75) is 25.7 Å². The van der Waals surface area contributed by atoms with E-state index in [1.807, 2.05) is 35.2 Å². The van der Waals surface area contributed by atoms with Crippen LogP contribution in [0, 0.1) is 0 Å². The molecule has 1 aliphatic heterocycles. The fourth-order valence-electron chi connectivity index (χ4n) is 2.28. The summed E-state index contributed by atoms with van der Waals surface area (Å²) in [4.78, 5) is 14.0. The number of methoxy groups -OCH3 is 1. The molecule has 0 aromatic heterocycles. The van der Waals surface area contributed by atoms with Crippen molar-refractivity contribution in [3.63, 3.8) is 0 Å². The molecule has 1 saturated heterocycles. The number of ether oxygens (including phenoxy) is 1. The second kappa shape index (κ2) is 6.98. The Hall–Kier alpha value is -1.77. The third-order valence-electron chi connectivity index (χ3n) is 3.45. The monoisotopic (exact) mass is 259 g/mol. The standard InChI is InChI=1S/C16H21NO2/c1-19-15-9-6-14(7-10-15)8-11-16(18)17-12-4-2-3-5-13-17/h6-11H,2-5,12-13H2,1H3/b11-8+. The zero-order chi connectivity index (χ0) is 13.5. The van der Waals surface area contributed by atoms with Gasteiger partial charge in [-0.3, -0.25) is 4.79 Å². The zero-order valence-corrected chi connectivity index (χ0v) is 11.5. The highest BCUT2D eigenvalue weighted by atomic mass is 16.5. The van der Waals surface area contributed by atoms with Crippen molar-refractivity contribution in [3.05, 3.63) is 35.9 Å². The number of carbonyl (C=O) groups excluding carboxylic acids is 1. The molecular formula is C16H21NO2. The van der Waals surface area contributed by atoms with Crippen LogP contribution in [0.4, 0.5) is 0 Å². The molecule has 1 amide bonds. The van der Waals surface area contributed by atoms with Crippen LogP contribution in [0.3, 0.4) is 0 Å². The first kappa shape index (κ1) is 13.7. The van der Waals surface area contributed by atoms with Gasteiger partial charge in [0.25, 0.3) is 0 Å². The highest BCUT2D eigenvalue weighted by Gasteiger charge is 2.12. The third kappa shape index (κ3) is 4.12. The SMILES string of the molecule is COc1ccc(/C=C/C(=O)N2CCCCCC2)cc1. The van der Waals surface area contributed by atoms with Crippen molar-refractivity contribution < 1.29 is 9.53 Å². The Morgan fingerprint density at radius 3 is 2.32 bits per heavy atom. The molecule has 0 N–H and O–H groups in total. The second-order valence-corrected chi connectivity index (χ2v) is 4.85. The molecule has 3 heteroatoms. The maximum absolute atomic E-state index is 12.1. The molecule has 1 aromatic rings. The van der Waals surface area contributed by atoms with E-state index < -0.39 is 0 Å². The molecule has 1 aliphatic rings. The van der Waals surface area contributed by atoms with Gasteiger partial charge in [0.1, 0.15) is 5.75 Å². The summed E-state index contributed by atoms with van der Waals surface area (Å²) >= 11 is 0. The van der Waals surface area contributed by atoms with Gasteiger partial charge in [0.05, 0.1) is 7.11 Å². The van der Waals surface area contributed by atoms with Crippen LogP contribution < -0.4 is 4.74 Å². The summed E-state index contributed by atoms with van der Waals surface area (Å²) < 4.78 is 5.10. The molecule has 1 fully saturated rings. The predicted molar refractivity (Wildman–Crippen MR) is 77.1 cm³/mol. The van der Waals surface area contributed by atoms with Crippen molar-refractivity contribution in [3.8, 4) is 5.75 Å². The minimum absolute atomic E-state index is 0.123. The molecule has 0 spiro atoms. The van der Waals surface area contributed by atoms with Gasteiger partial charge in [-0.25, -0.2) is 0 Å². The summed E-state index contributed by atoms with van der Waals surface area (Å²) in [6, 6.07) is 7.70. The first-order chi connectivity index (χ1) is 9.29. The topological polar surface area (TPSA) is 29.5 Å². The van der Waals surface area contributed by atoms with Gasteiger partial charge in [0.15, 0.2) is 0 Å². The molecule has 2 rings (SSSR count). The second-order valence-electron chi connectivity index (χ2n) is 4.85. The van der Waals surface area contributed by atoms with E-state index in [9.17, 15) is 4.79 Å². The van der Waals surface area contributed by atoms with Crippen LogP contribution in [0.5, 0.6) is 5.75 Å². The van der Waals surface area contributed by atoms with Gasteiger partial charge in [-0.15, -0.1) is 0 Å².